The molecule has 3 amide bonds. The number of hydrogen-bond acceptors (Lipinski definition) is 4. The summed E-state index contributed by atoms with van der Waals surface area (Å²) < 4.78 is 3.63. The van der Waals surface area contributed by atoms with Crippen LogP contribution in [-0.2, 0) is 26.6 Å². The van der Waals surface area contributed by atoms with E-state index in [1.54, 1.807) is 16.6 Å². The fourth-order valence-electron chi connectivity index (χ4n) is 3.70. The molecule has 1 aliphatic heterocycles. The Balaban J connectivity index is 1.32. The number of benzene rings is 1. The van der Waals surface area contributed by atoms with Crippen molar-refractivity contribution in [3.63, 3.8) is 0 Å². The minimum atomic E-state index is -0.564. The van der Waals surface area contributed by atoms with Crippen molar-refractivity contribution in [3.05, 3.63) is 47.4 Å². The third-order valence-corrected chi connectivity index (χ3v) is 5.14. The molecule has 0 spiro atoms. The summed E-state index contributed by atoms with van der Waals surface area (Å²) in [5.74, 6) is -0.564. The zero-order chi connectivity index (χ0) is 19.7. The Kier molecular flexibility index (Phi) is 4.72. The summed E-state index contributed by atoms with van der Waals surface area (Å²) in [6.45, 7) is 2.20. The summed E-state index contributed by atoms with van der Waals surface area (Å²) in [5.41, 5.74) is 8.47. The standard InChI is InChI=1S/C19H23N7O2/c1-24-16-7-10-25(12-14(16)17(23-24)18(20)27)19(28)21-8-4-9-26-15-6-3-2-5-13(15)11-22-26/h2-3,5-6,11H,4,7-10,12H2,1H3,(H2,20,27)(H,21,28). The number of carbonyl (C=O) groups is 2. The maximum absolute atomic E-state index is 12.5. The van der Waals surface area contributed by atoms with Crippen molar-refractivity contribution in [3.8, 4) is 0 Å². The number of fused-ring (bicyclic) bond motifs is 2. The molecule has 1 aliphatic rings. The number of rotatable bonds is 5. The zero-order valence-corrected chi connectivity index (χ0v) is 15.8. The molecule has 2 aromatic heterocycles. The van der Waals surface area contributed by atoms with Crippen LogP contribution in [-0.4, -0.2) is 49.5 Å². The lowest BCUT2D eigenvalue weighted by Gasteiger charge is -2.27. The number of hydrogen-bond donors (Lipinski definition) is 2. The van der Waals surface area contributed by atoms with Gasteiger partial charge in [0.25, 0.3) is 5.91 Å². The minimum absolute atomic E-state index is 0.143. The predicted octanol–water partition coefficient (Wildman–Crippen LogP) is 1.03. The van der Waals surface area contributed by atoms with Crippen molar-refractivity contribution in [2.45, 2.75) is 25.9 Å². The summed E-state index contributed by atoms with van der Waals surface area (Å²) in [4.78, 5) is 25.8. The van der Waals surface area contributed by atoms with Gasteiger partial charge < -0.3 is 16.0 Å². The Labute approximate surface area is 162 Å². The molecule has 9 heteroatoms. The highest BCUT2D eigenvalue weighted by Gasteiger charge is 2.28. The lowest BCUT2D eigenvalue weighted by atomic mass is 10.1. The van der Waals surface area contributed by atoms with Crippen LogP contribution in [0.25, 0.3) is 10.9 Å². The number of amides is 3. The van der Waals surface area contributed by atoms with Crippen LogP contribution in [0.5, 0.6) is 0 Å². The highest BCUT2D eigenvalue weighted by Crippen LogP contribution is 2.22. The van der Waals surface area contributed by atoms with E-state index in [4.69, 9.17) is 5.73 Å². The van der Waals surface area contributed by atoms with E-state index in [9.17, 15) is 9.59 Å². The SMILES string of the molecule is Cn1nc(C(N)=O)c2c1CCN(C(=O)NCCCn1ncc3ccccc31)C2. The fourth-order valence-corrected chi connectivity index (χ4v) is 3.70. The van der Waals surface area contributed by atoms with E-state index in [2.05, 4.69) is 15.5 Å². The molecule has 0 aliphatic carbocycles. The topological polar surface area (TPSA) is 111 Å². The van der Waals surface area contributed by atoms with Crippen molar-refractivity contribution in [2.75, 3.05) is 13.1 Å². The fraction of sp³-hybridized carbons (Fsp3) is 0.368. The van der Waals surface area contributed by atoms with Crippen molar-refractivity contribution in [1.29, 1.82) is 0 Å². The molecule has 28 heavy (non-hydrogen) atoms. The van der Waals surface area contributed by atoms with Crippen LogP contribution in [0.4, 0.5) is 4.79 Å². The molecule has 146 valence electrons. The number of para-hydroxylation sites is 1. The highest BCUT2D eigenvalue weighted by atomic mass is 16.2. The van der Waals surface area contributed by atoms with Crippen molar-refractivity contribution < 1.29 is 9.59 Å². The summed E-state index contributed by atoms with van der Waals surface area (Å²) >= 11 is 0. The first-order chi connectivity index (χ1) is 13.5. The monoisotopic (exact) mass is 381 g/mol. The molecule has 1 aromatic carbocycles. The van der Waals surface area contributed by atoms with Gasteiger partial charge in [0.1, 0.15) is 0 Å². The summed E-state index contributed by atoms with van der Waals surface area (Å²) in [7, 11) is 1.79. The molecule has 0 radical (unpaired) electrons. The van der Waals surface area contributed by atoms with E-state index in [1.807, 2.05) is 35.1 Å². The molecule has 0 saturated heterocycles. The third-order valence-electron chi connectivity index (χ3n) is 5.14. The summed E-state index contributed by atoms with van der Waals surface area (Å²) in [6.07, 6.45) is 3.28. The molecular weight excluding hydrogens is 358 g/mol. The zero-order valence-electron chi connectivity index (χ0n) is 15.8. The number of aryl methyl sites for hydroxylation is 2. The molecule has 3 heterocycles. The number of urea groups is 1. The average molecular weight is 381 g/mol. The summed E-state index contributed by atoms with van der Waals surface area (Å²) in [6, 6.07) is 7.91. The molecule has 0 saturated carbocycles. The molecular formula is C19H23N7O2. The van der Waals surface area contributed by atoms with Crippen LogP contribution in [0.3, 0.4) is 0 Å². The average Bonchev–Trinajstić information content (AvgIpc) is 3.26. The van der Waals surface area contributed by atoms with Gasteiger partial charge in [0.15, 0.2) is 5.69 Å². The minimum Gasteiger partial charge on any atom is -0.364 e. The van der Waals surface area contributed by atoms with Crippen molar-refractivity contribution in [1.82, 2.24) is 29.8 Å². The molecule has 3 aromatic rings. The number of primary amides is 1. The Morgan fingerprint density at radius 1 is 1.29 bits per heavy atom. The number of aromatic nitrogens is 4. The second-order valence-corrected chi connectivity index (χ2v) is 6.95. The smallest absolute Gasteiger partial charge is 0.317 e. The molecule has 0 fully saturated rings. The normalized spacial score (nSPS) is 13.5. The second-order valence-electron chi connectivity index (χ2n) is 6.95. The van der Waals surface area contributed by atoms with Crippen LogP contribution in [0.2, 0.25) is 0 Å². The van der Waals surface area contributed by atoms with E-state index in [0.29, 0.717) is 26.1 Å². The van der Waals surface area contributed by atoms with Crippen molar-refractivity contribution >= 4 is 22.8 Å². The van der Waals surface area contributed by atoms with Gasteiger partial charge in [-0.15, -0.1) is 0 Å². The van der Waals surface area contributed by atoms with Gasteiger partial charge in [-0.3, -0.25) is 14.2 Å². The molecule has 0 atom stereocenters. The lowest BCUT2D eigenvalue weighted by molar-refractivity contribution is 0.0992. The van der Waals surface area contributed by atoms with Crippen LogP contribution in [0.1, 0.15) is 28.2 Å². The van der Waals surface area contributed by atoms with Crippen LogP contribution < -0.4 is 11.1 Å². The quantitative estimate of drug-likeness (QED) is 0.643. The molecule has 4 rings (SSSR count). The third kappa shape index (κ3) is 3.30. The second kappa shape index (κ2) is 7.34. The van der Waals surface area contributed by atoms with Crippen LogP contribution in [0, 0.1) is 0 Å². The molecule has 9 nitrogen and oxygen atoms in total. The largest absolute Gasteiger partial charge is 0.364 e. The number of nitrogens with one attached hydrogen (secondary N) is 1. The number of carbonyl (C=O) groups excluding carboxylic acids is 2. The molecule has 3 N–H and O–H groups in total. The predicted molar refractivity (Wildman–Crippen MR) is 104 cm³/mol. The first-order valence-corrected chi connectivity index (χ1v) is 9.32. The molecule has 0 unspecified atom stereocenters. The first-order valence-electron chi connectivity index (χ1n) is 9.32. The number of nitrogens with zero attached hydrogens (tertiary/aromatic N) is 5. The van der Waals surface area contributed by atoms with E-state index >= 15 is 0 Å². The van der Waals surface area contributed by atoms with E-state index < -0.39 is 5.91 Å². The number of nitrogens with two attached hydrogens (primary N) is 1. The van der Waals surface area contributed by atoms with Gasteiger partial charge in [-0.2, -0.15) is 10.2 Å². The van der Waals surface area contributed by atoms with Crippen LogP contribution >= 0.6 is 0 Å². The Bertz CT molecular complexity index is 1040. The van der Waals surface area contributed by atoms with E-state index in [1.165, 1.54) is 0 Å². The van der Waals surface area contributed by atoms with E-state index in [0.717, 1.165) is 35.1 Å². The lowest BCUT2D eigenvalue weighted by Crippen LogP contribution is -2.43. The van der Waals surface area contributed by atoms with E-state index in [-0.39, 0.29) is 11.7 Å². The Hall–Kier alpha value is -3.36. The highest BCUT2D eigenvalue weighted by molar-refractivity contribution is 5.92. The van der Waals surface area contributed by atoms with Gasteiger partial charge in [0.2, 0.25) is 0 Å². The van der Waals surface area contributed by atoms with Gasteiger partial charge >= 0.3 is 6.03 Å². The van der Waals surface area contributed by atoms with Gasteiger partial charge in [0, 0.05) is 49.7 Å². The Morgan fingerprint density at radius 2 is 2.11 bits per heavy atom. The maximum Gasteiger partial charge on any atom is 0.317 e. The summed E-state index contributed by atoms with van der Waals surface area (Å²) in [5, 5.41) is 12.6. The van der Waals surface area contributed by atoms with Crippen LogP contribution in [0.15, 0.2) is 30.5 Å². The van der Waals surface area contributed by atoms with Gasteiger partial charge in [-0.05, 0) is 12.5 Å². The van der Waals surface area contributed by atoms with Gasteiger partial charge in [-0.1, -0.05) is 18.2 Å². The van der Waals surface area contributed by atoms with Gasteiger partial charge in [-0.25, -0.2) is 4.79 Å². The van der Waals surface area contributed by atoms with Gasteiger partial charge in [0.05, 0.1) is 18.3 Å². The Morgan fingerprint density at radius 3 is 2.93 bits per heavy atom. The molecule has 0 bridgehead atoms. The first kappa shape index (κ1) is 18.0. The van der Waals surface area contributed by atoms with Crippen molar-refractivity contribution in [2.24, 2.45) is 12.8 Å². The maximum atomic E-state index is 12.5.